The SMILES string of the molecule is O=S(O)c1ccccc1-c1cccc2ccccc12. The molecule has 1 atom stereocenters. The Hall–Kier alpha value is -1.97. The molecule has 3 aromatic carbocycles. The third-order valence-corrected chi connectivity index (χ3v) is 3.89. The van der Waals surface area contributed by atoms with Crippen LogP contribution in [0.15, 0.2) is 71.6 Å². The van der Waals surface area contributed by atoms with Crippen molar-refractivity contribution in [1.29, 1.82) is 0 Å². The Kier molecular flexibility index (Phi) is 3.15. The number of fused-ring (bicyclic) bond motifs is 1. The van der Waals surface area contributed by atoms with Crippen molar-refractivity contribution in [3.05, 3.63) is 66.7 Å². The quantitative estimate of drug-likeness (QED) is 0.711. The first kappa shape index (κ1) is 12.1. The molecule has 1 N–H and O–H groups in total. The molecule has 3 rings (SSSR count). The number of benzene rings is 3. The lowest BCUT2D eigenvalue weighted by molar-refractivity contribution is 0.564. The molecule has 0 aliphatic heterocycles. The average Bonchev–Trinajstić information content (AvgIpc) is 2.46. The molecular weight excluding hydrogens is 256 g/mol. The molecule has 0 fully saturated rings. The van der Waals surface area contributed by atoms with Crippen LogP contribution in [0.4, 0.5) is 0 Å². The highest BCUT2D eigenvalue weighted by molar-refractivity contribution is 7.79. The second-order valence-electron chi connectivity index (χ2n) is 4.27. The Labute approximate surface area is 114 Å². The van der Waals surface area contributed by atoms with E-state index in [0.717, 1.165) is 21.9 Å². The van der Waals surface area contributed by atoms with Crippen LogP contribution in [0.1, 0.15) is 0 Å². The van der Waals surface area contributed by atoms with Crippen LogP contribution in [0.5, 0.6) is 0 Å². The van der Waals surface area contributed by atoms with E-state index in [2.05, 4.69) is 0 Å². The van der Waals surface area contributed by atoms with Crippen LogP contribution in [-0.2, 0) is 11.1 Å². The van der Waals surface area contributed by atoms with Gasteiger partial charge in [0, 0.05) is 5.56 Å². The van der Waals surface area contributed by atoms with Crippen LogP contribution in [0, 0.1) is 0 Å². The highest BCUT2D eigenvalue weighted by atomic mass is 32.2. The molecule has 0 saturated carbocycles. The first-order valence-electron chi connectivity index (χ1n) is 5.95. The average molecular weight is 268 g/mol. The Bertz CT molecular complexity index is 760. The Morgan fingerprint density at radius 2 is 1.37 bits per heavy atom. The first-order chi connectivity index (χ1) is 9.27. The fraction of sp³-hybridized carbons (Fsp3) is 0. The van der Waals surface area contributed by atoms with Crippen LogP contribution in [0.3, 0.4) is 0 Å². The number of hydrogen-bond donors (Lipinski definition) is 1. The van der Waals surface area contributed by atoms with E-state index in [0.29, 0.717) is 4.90 Å². The summed E-state index contributed by atoms with van der Waals surface area (Å²) < 4.78 is 20.9. The Morgan fingerprint density at radius 3 is 2.21 bits per heavy atom. The monoisotopic (exact) mass is 268 g/mol. The van der Waals surface area contributed by atoms with Gasteiger partial charge in [-0.25, -0.2) is 4.21 Å². The molecule has 0 saturated heterocycles. The third-order valence-electron chi connectivity index (χ3n) is 3.15. The summed E-state index contributed by atoms with van der Waals surface area (Å²) >= 11 is -1.98. The molecule has 0 aliphatic rings. The van der Waals surface area contributed by atoms with Crippen molar-refractivity contribution in [3.8, 4) is 11.1 Å². The summed E-state index contributed by atoms with van der Waals surface area (Å²) in [6.07, 6.45) is 0. The van der Waals surface area contributed by atoms with Gasteiger partial charge in [0.15, 0.2) is 11.1 Å². The molecule has 0 spiro atoms. The smallest absolute Gasteiger partial charge is 0.187 e. The second kappa shape index (κ2) is 4.96. The van der Waals surface area contributed by atoms with Crippen molar-refractivity contribution in [3.63, 3.8) is 0 Å². The third kappa shape index (κ3) is 2.18. The van der Waals surface area contributed by atoms with E-state index in [1.807, 2.05) is 54.6 Å². The molecule has 19 heavy (non-hydrogen) atoms. The molecule has 1 unspecified atom stereocenters. The zero-order valence-corrected chi connectivity index (χ0v) is 10.9. The molecule has 0 aromatic heterocycles. The minimum atomic E-state index is -1.98. The molecule has 0 amide bonds. The summed E-state index contributed by atoms with van der Waals surface area (Å²) in [5.74, 6) is 0. The van der Waals surface area contributed by atoms with E-state index in [-0.39, 0.29) is 0 Å². The Morgan fingerprint density at radius 1 is 0.737 bits per heavy atom. The van der Waals surface area contributed by atoms with Gasteiger partial charge < -0.3 is 4.55 Å². The maximum atomic E-state index is 11.4. The van der Waals surface area contributed by atoms with Gasteiger partial charge in [-0.3, -0.25) is 0 Å². The van der Waals surface area contributed by atoms with Crippen LogP contribution >= 0.6 is 0 Å². The van der Waals surface area contributed by atoms with Crippen molar-refractivity contribution >= 4 is 21.9 Å². The number of rotatable bonds is 2. The maximum absolute atomic E-state index is 11.4. The normalized spacial score (nSPS) is 12.5. The number of hydrogen-bond acceptors (Lipinski definition) is 1. The lowest BCUT2D eigenvalue weighted by Crippen LogP contribution is -1.93. The zero-order chi connectivity index (χ0) is 13.2. The molecule has 2 nitrogen and oxygen atoms in total. The second-order valence-corrected chi connectivity index (χ2v) is 5.21. The highest BCUT2D eigenvalue weighted by Gasteiger charge is 2.11. The van der Waals surface area contributed by atoms with Crippen LogP contribution in [0.2, 0.25) is 0 Å². The van der Waals surface area contributed by atoms with Crippen LogP contribution < -0.4 is 0 Å². The van der Waals surface area contributed by atoms with E-state index in [1.165, 1.54) is 0 Å². The van der Waals surface area contributed by atoms with Crippen molar-refractivity contribution in [2.45, 2.75) is 4.90 Å². The molecule has 3 heteroatoms. The van der Waals surface area contributed by atoms with E-state index in [4.69, 9.17) is 0 Å². The van der Waals surface area contributed by atoms with Crippen LogP contribution in [0.25, 0.3) is 21.9 Å². The van der Waals surface area contributed by atoms with Gasteiger partial charge in [-0.1, -0.05) is 60.7 Å². The summed E-state index contributed by atoms with van der Waals surface area (Å²) in [7, 11) is 0. The molecule has 94 valence electrons. The van der Waals surface area contributed by atoms with Gasteiger partial charge in [-0.05, 0) is 22.4 Å². The Balaban J connectivity index is 2.34. The van der Waals surface area contributed by atoms with Gasteiger partial charge >= 0.3 is 0 Å². The van der Waals surface area contributed by atoms with Gasteiger partial charge in [0.2, 0.25) is 0 Å². The van der Waals surface area contributed by atoms with Crippen molar-refractivity contribution < 1.29 is 8.76 Å². The minimum absolute atomic E-state index is 0.443. The molecule has 0 bridgehead atoms. The summed E-state index contributed by atoms with van der Waals surface area (Å²) in [5.41, 5.74) is 1.79. The predicted octanol–water partition coefficient (Wildman–Crippen LogP) is 4.09. The molecule has 0 heterocycles. The minimum Gasteiger partial charge on any atom is -0.302 e. The zero-order valence-electron chi connectivity index (χ0n) is 10.1. The van der Waals surface area contributed by atoms with Gasteiger partial charge in [0.25, 0.3) is 0 Å². The van der Waals surface area contributed by atoms with E-state index in [9.17, 15) is 8.76 Å². The molecule has 3 aromatic rings. The highest BCUT2D eigenvalue weighted by Crippen LogP contribution is 2.31. The van der Waals surface area contributed by atoms with Gasteiger partial charge in [0.05, 0.1) is 4.90 Å². The predicted molar refractivity (Wildman–Crippen MR) is 78.4 cm³/mol. The van der Waals surface area contributed by atoms with E-state index < -0.39 is 11.1 Å². The van der Waals surface area contributed by atoms with Crippen molar-refractivity contribution in [2.24, 2.45) is 0 Å². The van der Waals surface area contributed by atoms with Gasteiger partial charge in [0.1, 0.15) is 0 Å². The lowest BCUT2D eigenvalue weighted by atomic mass is 9.98. The van der Waals surface area contributed by atoms with Crippen LogP contribution in [-0.4, -0.2) is 8.76 Å². The van der Waals surface area contributed by atoms with Crippen molar-refractivity contribution in [2.75, 3.05) is 0 Å². The van der Waals surface area contributed by atoms with Gasteiger partial charge in [-0.15, -0.1) is 0 Å². The summed E-state index contributed by atoms with van der Waals surface area (Å²) in [5, 5.41) is 2.21. The fourth-order valence-corrected chi connectivity index (χ4v) is 2.86. The topological polar surface area (TPSA) is 37.3 Å². The summed E-state index contributed by atoms with van der Waals surface area (Å²) in [6.45, 7) is 0. The first-order valence-corrected chi connectivity index (χ1v) is 7.06. The fourth-order valence-electron chi connectivity index (χ4n) is 2.30. The maximum Gasteiger partial charge on any atom is 0.187 e. The van der Waals surface area contributed by atoms with E-state index >= 15 is 0 Å². The molecular formula is C16H12O2S. The standard InChI is InChI=1S/C16H12O2S/c17-19(18)16-11-4-3-9-15(16)14-10-5-7-12-6-1-2-8-13(12)14/h1-11H,(H,17,18). The van der Waals surface area contributed by atoms with E-state index in [1.54, 1.807) is 12.1 Å². The van der Waals surface area contributed by atoms with Crippen molar-refractivity contribution in [1.82, 2.24) is 0 Å². The largest absolute Gasteiger partial charge is 0.302 e. The summed E-state index contributed by atoms with van der Waals surface area (Å²) in [4.78, 5) is 0.443. The summed E-state index contributed by atoms with van der Waals surface area (Å²) in [6, 6.07) is 21.2. The molecule has 0 aliphatic carbocycles. The lowest BCUT2D eigenvalue weighted by Gasteiger charge is -2.09. The molecule has 0 radical (unpaired) electrons. The van der Waals surface area contributed by atoms with Gasteiger partial charge in [-0.2, -0.15) is 0 Å².